The Morgan fingerprint density at radius 1 is 1.29 bits per heavy atom. The van der Waals surface area contributed by atoms with E-state index in [4.69, 9.17) is 0 Å². The highest BCUT2D eigenvalue weighted by atomic mass is 19.4. The number of hydrogen-bond donors (Lipinski definition) is 2. The number of nitrogens with one attached hydrogen (secondary N) is 2. The van der Waals surface area contributed by atoms with Crippen LogP contribution in [-0.4, -0.2) is 24.1 Å². The number of anilines is 1. The van der Waals surface area contributed by atoms with E-state index in [0.717, 1.165) is 18.9 Å². The molecule has 1 aliphatic carbocycles. The maximum Gasteiger partial charge on any atom is 0.419 e. The van der Waals surface area contributed by atoms with Gasteiger partial charge in [-0.05, 0) is 25.0 Å². The molecule has 6 heteroatoms. The van der Waals surface area contributed by atoms with Crippen molar-refractivity contribution in [2.24, 2.45) is 0 Å². The van der Waals surface area contributed by atoms with Gasteiger partial charge in [-0.2, -0.15) is 13.2 Å². The molecule has 0 radical (unpaired) electrons. The molecule has 94 valence electrons. The molecule has 17 heavy (non-hydrogen) atoms. The molecule has 1 aliphatic rings. The molecule has 2 rings (SSSR count). The fourth-order valence-corrected chi connectivity index (χ4v) is 1.52. The molecule has 1 saturated carbocycles. The molecule has 1 heterocycles. The van der Waals surface area contributed by atoms with E-state index in [1.165, 1.54) is 12.3 Å². The van der Waals surface area contributed by atoms with E-state index < -0.39 is 11.7 Å². The molecule has 1 aromatic heterocycles. The number of alkyl halides is 3. The van der Waals surface area contributed by atoms with E-state index in [1.54, 1.807) is 0 Å². The van der Waals surface area contributed by atoms with Crippen LogP contribution in [0.15, 0.2) is 18.3 Å². The van der Waals surface area contributed by atoms with Crippen LogP contribution in [0.3, 0.4) is 0 Å². The summed E-state index contributed by atoms with van der Waals surface area (Å²) in [4.78, 5) is 3.72. The highest BCUT2D eigenvalue weighted by Crippen LogP contribution is 2.33. The summed E-state index contributed by atoms with van der Waals surface area (Å²) in [7, 11) is 0. The molecule has 0 unspecified atom stereocenters. The molecule has 0 saturated heterocycles. The van der Waals surface area contributed by atoms with E-state index in [1.807, 2.05) is 0 Å². The average Bonchev–Trinajstić information content (AvgIpc) is 3.07. The average molecular weight is 245 g/mol. The summed E-state index contributed by atoms with van der Waals surface area (Å²) in [5.74, 6) is -0.0994. The summed E-state index contributed by atoms with van der Waals surface area (Å²) in [5.41, 5.74) is -0.716. The number of aromatic nitrogens is 1. The molecular weight excluding hydrogens is 231 g/mol. The van der Waals surface area contributed by atoms with Crippen molar-refractivity contribution in [2.45, 2.75) is 25.1 Å². The lowest BCUT2D eigenvalue weighted by Crippen LogP contribution is -2.25. The van der Waals surface area contributed by atoms with Crippen LogP contribution in [-0.2, 0) is 6.18 Å². The molecule has 0 amide bonds. The predicted octanol–water partition coefficient (Wildman–Crippen LogP) is 2.26. The van der Waals surface area contributed by atoms with Gasteiger partial charge < -0.3 is 10.6 Å². The second-order valence-corrected chi connectivity index (χ2v) is 4.05. The van der Waals surface area contributed by atoms with Crippen molar-refractivity contribution < 1.29 is 13.2 Å². The minimum atomic E-state index is -4.36. The number of nitrogens with zero attached hydrogens (tertiary/aromatic N) is 1. The largest absolute Gasteiger partial charge is 0.419 e. The Morgan fingerprint density at radius 3 is 2.71 bits per heavy atom. The molecular formula is C11H14F3N3. The first kappa shape index (κ1) is 12.2. The van der Waals surface area contributed by atoms with Crippen LogP contribution in [0, 0.1) is 0 Å². The number of rotatable bonds is 5. The van der Waals surface area contributed by atoms with Gasteiger partial charge in [-0.3, -0.25) is 0 Å². The van der Waals surface area contributed by atoms with Crippen LogP contribution < -0.4 is 10.6 Å². The Labute approximate surface area is 97.4 Å². The van der Waals surface area contributed by atoms with E-state index >= 15 is 0 Å². The Balaban J connectivity index is 1.89. The van der Waals surface area contributed by atoms with Gasteiger partial charge in [-0.1, -0.05) is 0 Å². The van der Waals surface area contributed by atoms with Crippen LogP contribution >= 0.6 is 0 Å². The summed E-state index contributed by atoms with van der Waals surface area (Å²) in [6.45, 7) is 1.09. The first-order valence-corrected chi connectivity index (χ1v) is 5.57. The van der Waals surface area contributed by atoms with Gasteiger partial charge in [-0.15, -0.1) is 0 Å². The normalized spacial score (nSPS) is 15.9. The van der Waals surface area contributed by atoms with E-state index in [2.05, 4.69) is 15.6 Å². The first-order chi connectivity index (χ1) is 8.07. The maximum atomic E-state index is 12.6. The zero-order valence-corrected chi connectivity index (χ0v) is 9.22. The van der Waals surface area contributed by atoms with E-state index in [9.17, 15) is 13.2 Å². The van der Waals surface area contributed by atoms with Crippen molar-refractivity contribution in [1.82, 2.24) is 10.3 Å². The van der Waals surface area contributed by atoms with Crippen LogP contribution in [0.2, 0.25) is 0 Å². The standard InChI is InChI=1S/C11H14F3N3/c12-11(13,14)9-2-1-5-16-10(9)17-7-6-15-8-3-4-8/h1-2,5,8,15H,3-4,6-7H2,(H,16,17). The van der Waals surface area contributed by atoms with Gasteiger partial charge in [0.25, 0.3) is 0 Å². The smallest absolute Gasteiger partial charge is 0.368 e. The van der Waals surface area contributed by atoms with Gasteiger partial charge in [0.2, 0.25) is 0 Å². The molecule has 0 spiro atoms. The minimum Gasteiger partial charge on any atom is -0.368 e. The Kier molecular flexibility index (Phi) is 3.51. The fraction of sp³-hybridized carbons (Fsp3) is 0.545. The van der Waals surface area contributed by atoms with Crippen LogP contribution in [0.1, 0.15) is 18.4 Å². The van der Waals surface area contributed by atoms with Gasteiger partial charge in [-0.25, -0.2) is 4.98 Å². The lowest BCUT2D eigenvalue weighted by atomic mass is 10.2. The van der Waals surface area contributed by atoms with Gasteiger partial charge in [0.15, 0.2) is 0 Å². The predicted molar refractivity (Wildman–Crippen MR) is 58.8 cm³/mol. The zero-order chi connectivity index (χ0) is 12.3. The monoisotopic (exact) mass is 245 g/mol. The van der Waals surface area contributed by atoms with Crippen molar-refractivity contribution in [1.29, 1.82) is 0 Å². The molecule has 1 fully saturated rings. The molecule has 0 atom stereocenters. The third-order valence-electron chi connectivity index (χ3n) is 2.54. The van der Waals surface area contributed by atoms with Gasteiger partial charge >= 0.3 is 6.18 Å². The number of pyridine rings is 1. The topological polar surface area (TPSA) is 37.0 Å². The minimum absolute atomic E-state index is 0.0994. The van der Waals surface area contributed by atoms with Crippen molar-refractivity contribution in [2.75, 3.05) is 18.4 Å². The zero-order valence-electron chi connectivity index (χ0n) is 9.22. The van der Waals surface area contributed by atoms with Gasteiger partial charge in [0.05, 0.1) is 5.56 Å². The maximum absolute atomic E-state index is 12.6. The Bertz CT molecular complexity index is 374. The number of hydrogen-bond acceptors (Lipinski definition) is 3. The SMILES string of the molecule is FC(F)(F)c1cccnc1NCCNC1CC1. The van der Waals surface area contributed by atoms with E-state index in [0.29, 0.717) is 19.1 Å². The van der Waals surface area contributed by atoms with Gasteiger partial charge in [0.1, 0.15) is 5.82 Å². The highest BCUT2D eigenvalue weighted by molar-refractivity contribution is 5.45. The number of halogens is 3. The first-order valence-electron chi connectivity index (χ1n) is 5.57. The second-order valence-electron chi connectivity index (χ2n) is 4.05. The van der Waals surface area contributed by atoms with Crippen molar-refractivity contribution in [3.05, 3.63) is 23.9 Å². The van der Waals surface area contributed by atoms with Crippen molar-refractivity contribution in [3.8, 4) is 0 Å². The molecule has 0 bridgehead atoms. The van der Waals surface area contributed by atoms with Crippen molar-refractivity contribution >= 4 is 5.82 Å². The van der Waals surface area contributed by atoms with Gasteiger partial charge in [0, 0.05) is 25.3 Å². The van der Waals surface area contributed by atoms with E-state index in [-0.39, 0.29) is 5.82 Å². The Hall–Kier alpha value is -1.30. The van der Waals surface area contributed by atoms with Crippen molar-refractivity contribution in [3.63, 3.8) is 0 Å². The third kappa shape index (κ3) is 3.59. The summed E-state index contributed by atoms with van der Waals surface area (Å²) < 4.78 is 37.8. The van der Waals surface area contributed by atoms with Crippen LogP contribution in [0.25, 0.3) is 0 Å². The summed E-state index contributed by atoms with van der Waals surface area (Å²) in [5, 5.41) is 5.92. The molecule has 2 N–H and O–H groups in total. The van der Waals surface area contributed by atoms with Crippen LogP contribution in [0.5, 0.6) is 0 Å². The molecule has 0 aromatic carbocycles. The molecule has 3 nitrogen and oxygen atoms in total. The fourth-order valence-electron chi connectivity index (χ4n) is 1.52. The second kappa shape index (κ2) is 4.91. The Morgan fingerprint density at radius 2 is 2.06 bits per heavy atom. The highest BCUT2D eigenvalue weighted by Gasteiger charge is 2.33. The molecule has 0 aliphatic heterocycles. The summed E-state index contributed by atoms with van der Waals surface area (Å²) >= 11 is 0. The lowest BCUT2D eigenvalue weighted by Gasteiger charge is -2.13. The van der Waals surface area contributed by atoms with Crippen LogP contribution in [0.4, 0.5) is 19.0 Å². The summed E-state index contributed by atoms with van der Waals surface area (Å²) in [6, 6.07) is 2.88. The third-order valence-corrected chi connectivity index (χ3v) is 2.54. The lowest BCUT2D eigenvalue weighted by molar-refractivity contribution is -0.137. The summed E-state index contributed by atoms with van der Waals surface area (Å²) in [6.07, 6.45) is -0.679. The quantitative estimate of drug-likeness (QED) is 0.781. The molecule has 1 aromatic rings.